The van der Waals surface area contributed by atoms with Crippen molar-refractivity contribution in [3.8, 4) is 0 Å². The molecular weight excluding hydrogens is 368 g/mol. The Kier molecular flexibility index (Phi) is 6.13. The molecule has 0 unspecified atom stereocenters. The molecule has 0 radical (unpaired) electrons. The van der Waals surface area contributed by atoms with Crippen LogP contribution in [0.4, 0.5) is 11.6 Å². The quantitative estimate of drug-likeness (QED) is 0.649. The molecule has 2 N–H and O–H groups in total. The molecule has 1 aromatic carbocycles. The lowest BCUT2D eigenvalue weighted by atomic mass is 9.81. The van der Waals surface area contributed by atoms with Gasteiger partial charge in [-0.2, -0.15) is 4.98 Å². The summed E-state index contributed by atoms with van der Waals surface area (Å²) < 4.78 is 5.65. The molecule has 0 atom stereocenters. The van der Waals surface area contributed by atoms with Crippen LogP contribution in [0, 0.1) is 5.92 Å². The first-order valence-electron chi connectivity index (χ1n) is 10.8. The molecule has 2 heterocycles. The topological polar surface area (TPSA) is 91.5 Å². The van der Waals surface area contributed by atoms with E-state index in [-0.39, 0.29) is 6.42 Å². The van der Waals surface area contributed by atoms with Crippen molar-refractivity contribution in [2.75, 3.05) is 18.0 Å². The Labute approximate surface area is 171 Å². The van der Waals surface area contributed by atoms with E-state index in [4.69, 9.17) is 14.6 Å². The fourth-order valence-electron chi connectivity index (χ4n) is 4.52. The van der Waals surface area contributed by atoms with Gasteiger partial charge in [0.2, 0.25) is 5.89 Å². The molecule has 29 heavy (non-hydrogen) atoms. The molecule has 0 bridgehead atoms. The molecule has 2 aromatic rings. The van der Waals surface area contributed by atoms with Gasteiger partial charge in [-0.25, -0.2) is 0 Å². The first kappa shape index (κ1) is 19.9. The van der Waals surface area contributed by atoms with E-state index in [1.807, 2.05) is 0 Å². The second kappa shape index (κ2) is 8.95. The molecule has 7 nitrogen and oxygen atoms in total. The van der Waals surface area contributed by atoms with Crippen LogP contribution in [0.25, 0.3) is 0 Å². The largest absolute Gasteiger partial charge is 0.481 e. The van der Waals surface area contributed by atoms with Crippen LogP contribution in [-0.4, -0.2) is 34.3 Å². The number of hydrogen-bond donors (Lipinski definition) is 2. The number of rotatable bonds is 8. The van der Waals surface area contributed by atoms with Gasteiger partial charge >= 0.3 is 5.97 Å². The highest BCUT2D eigenvalue weighted by atomic mass is 16.5. The van der Waals surface area contributed by atoms with Crippen LogP contribution < -0.4 is 10.2 Å². The van der Waals surface area contributed by atoms with Crippen LogP contribution >= 0.6 is 0 Å². The second-order valence-corrected chi connectivity index (χ2v) is 8.24. The van der Waals surface area contributed by atoms with Crippen molar-refractivity contribution in [2.45, 2.75) is 64.3 Å². The van der Waals surface area contributed by atoms with E-state index in [2.05, 4.69) is 40.5 Å². The van der Waals surface area contributed by atoms with E-state index >= 15 is 0 Å². The summed E-state index contributed by atoms with van der Waals surface area (Å²) in [7, 11) is 0. The SMILES string of the molecule is CCC1CCC(c2nc(N3CCc4cc(CNCCC(=O)O)ccc43)no2)CC1. The van der Waals surface area contributed by atoms with Gasteiger partial charge in [0.05, 0.1) is 6.42 Å². The molecule has 1 saturated carbocycles. The zero-order valence-electron chi connectivity index (χ0n) is 17.1. The number of benzene rings is 1. The average Bonchev–Trinajstić information content (AvgIpc) is 3.38. The van der Waals surface area contributed by atoms with Gasteiger partial charge in [-0.1, -0.05) is 25.5 Å². The monoisotopic (exact) mass is 398 g/mol. The van der Waals surface area contributed by atoms with Gasteiger partial charge in [0.1, 0.15) is 0 Å². The van der Waals surface area contributed by atoms with Gasteiger partial charge in [-0.05, 0) is 60.4 Å². The zero-order chi connectivity index (χ0) is 20.2. The number of carboxylic acids is 1. The maximum absolute atomic E-state index is 10.6. The van der Waals surface area contributed by atoms with E-state index in [1.54, 1.807) is 0 Å². The smallest absolute Gasteiger partial charge is 0.304 e. The van der Waals surface area contributed by atoms with E-state index in [0.29, 0.717) is 25.0 Å². The zero-order valence-corrected chi connectivity index (χ0v) is 17.1. The number of carbonyl (C=O) groups is 1. The Morgan fingerprint density at radius 2 is 2.14 bits per heavy atom. The maximum atomic E-state index is 10.6. The molecule has 156 valence electrons. The first-order valence-corrected chi connectivity index (χ1v) is 10.8. The minimum absolute atomic E-state index is 0.138. The normalized spacial score (nSPS) is 21.3. The van der Waals surface area contributed by atoms with Crippen molar-refractivity contribution in [3.05, 3.63) is 35.2 Å². The molecular formula is C22H30N4O3. The molecule has 1 aliphatic heterocycles. The summed E-state index contributed by atoms with van der Waals surface area (Å²) in [5.41, 5.74) is 3.58. The number of aromatic nitrogens is 2. The minimum Gasteiger partial charge on any atom is -0.481 e. The number of nitrogens with one attached hydrogen (secondary N) is 1. The summed E-state index contributed by atoms with van der Waals surface area (Å²) in [5.74, 6) is 1.94. The van der Waals surface area contributed by atoms with Crippen molar-refractivity contribution >= 4 is 17.6 Å². The highest BCUT2D eigenvalue weighted by Crippen LogP contribution is 2.38. The lowest BCUT2D eigenvalue weighted by Gasteiger charge is -2.25. The number of hydrogen-bond acceptors (Lipinski definition) is 6. The standard InChI is InChI=1S/C22H30N4O3/c1-2-15-3-6-17(7-4-15)21-24-22(25-29-21)26-12-10-18-13-16(5-8-19(18)26)14-23-11-9-20(27)28/h5,8,13,15,17,23H,2-4,6-7,9-12,14H2,1H3,(H,27,28). The molecule has 4 rings (SSSR count). The van der Waals surface area contributed by atoms with Crippen LogP contribution in [0.2, 0.25) is 0 Å². The van der Waals surface area contributed by atoms with E-state index in [1.165, 1.54) is 24.8 Å². The fourth-order valence-corrected chi connectivity index (χ4v) is 4.52. The van der Waals surface area contributed by atoms with Crippen molar-refractivity contribution in [1.29, 1.82) is 0 Å². The average molecular weight is 399 g/mol. The Hall–Kier alpha value is -2.41. The van der Waals surface area contributed by atoms with E-state index in [0.717, 1.165) is 48.9 Å². The van der Waals surface area contributed by atoms with Gasteiger partial charge in [0.15, 0.2) is 0 Å². The third-order valence-corrected chi connectivity index (χ3v) is 6.33. The number of carboxylic acid groups (broad SMARTS) is 1. The van der Waals surface area contributed by atoms with Crippen molar-refractivity contribution in [3.63, 3.8) is 0 Å². The number of anilines is 2. The Bertz CT molecular complexity index is 842. The van der Waals surface area contributed by atoms with Gasteiger partial charge < -0.3 is 19.8 Å². The molecule has 0 amide bonds. The summed E-state index contributed by atoms with van der Waals surface area (Å²) in [6.07, 6.45) is 7.17. The predicted molar refractivity (Wildman–Crippen MR) is 110 cm³/mol. The lowest BCUT2D eigenvalue weighted by molar-refractivity contribution is -0.136. The molecule has 0 saturated heterocycles. The van der Waals surface area contributed by atoms with Gasteiger partial charge in [0, 0.05) is 31.2 Å². The van der Waals surface area contributed by atoms with Crippen molar-refractivity contribution < 1.29 is 14.4 Å². The van der Waals surface area contributed by atoms with E-state index in [9.17, 15) is 4.79 Å². The Morgan fingerprint density at radius 3 is 2.90 bits per heavy atom. The van der Waals surface area contributed by atoms with Crippen LogP contribution in [0.15, 0.2) is 22.7 Å². The molecule has 2 aliphatic rings. The van der Waals surface area contributed by atoms with Crippen LogP contribution in [0.5, 0.6) is 0 Å². The highest BCUT2D eigenvalue weighted by Gasteiger charge is 2.29. The van der Waals surface area contributed by atoms with Crippen LogP contribution in [0.1, 0.15) is 68.4 Å². The van der Waals surface area contributed by atoms with Gasteiger partial charge in [-0.3, -0.25) is 4.79 Å². The van der Waals surface area contributed by atoms with E-state index < -0.39 is 5.97 Å². The number of aliphatic carboxylic acids is 1. The minimum atomic E-state index is -0.778. The predicted octanol–water partition coefficient (Wildman–Crippen LogP) is 4.01. The third-order valence-electron chi connectivity index (χ3n) is 6.33. The number of fused-ring (bicyclic) bond motifs is 1. The summed E-state index contributed by atoms with van der Waals surface area (Å²) in [5, 5.41) is 16.2. The van der Waals surface area contributed by atoms with Gasteiger partial charge in [-0.15, -0.1) is 0 Å². The molecule has 1 aliphatic carbocycles. The van der Waals surface area contributed by atoms with Crippen molar-refractivity contribution in [2.24, 2.45) is 5.92 Å². The third kappa shape index (κ3) is 4.61. The Balaban J connectivity index is 1.38. The molecule has 1 fully saturated rings. The highest BCUT2D eigenvalue weighted by molar-refractivity contribution is 5.67. The second-order valence-electron chi connectivity index (χ2n) is 8.24. The summed E-state index contributed by atoms with van der Waals surface area (Å²) >= 11 is 0. The molecule has 1 aromatic heterocycles. The molecule has 7 heteroatoms. The van der Waals surface area contributed by atoms with Crippen molar-refractivity contribution in [1.82, 2.24) is 15.5 Å². The lowest BCUT2D eigenvalue weighted by Crippen LogP contribution is -2.17. The number of nitrogens with zero attached hydrogens (tertiary/aromatic N) is 3. The summed E-state index contributed by atoms with van der Waals surface area (Å²) in [6, 6.07) is 6.38. The Morgan fingerprint density at radius 1 is 1.31 bits per heavy atom. The fraction of sp³-hybridized carbons (Fsp3) is 0.591. The van der Waals surface area contributed by atoms with Crippen LogP contribution in [-0.2, 0) is 17.8 Å². The summed E-state index contributed by atoms with van der Waals surface area (Å²) in [4.78, 5) is 17.5. The van der Waals surface area contributed by atoms with Crippen LogP contribution in [0.3, 0.4) is 0 Å². The molecule has 0 spiro atoms. The maximum Gasteiger partial charge on any atom is 0.304 e. The first-order chi connectivity index (χ1) is 14.1. The summed E-state index contributed by atoms with van der Waals surface area (Å²) in [6.45, 7) is 4.28. The van der Waals surface area contributed by atoms with Gasteiger partial charge in [0.25, 0.3) is 5.95 Å².